The van der Waals surface area contributed by atoms with Crippen LogP contribution in [-0.2, 0) is 15.5 Å². The molecule has 0 radical (unpaired) electrons. The van der Waals surface area contributed by atoms with Gasteiger partial charge in [-0.2, -0.15) is 0 Å². The van der Waals surface area contributed by atoms with Crippen LogP contribution in [0.1, 0.15) is 81.0 Å². The number of allylic oxidation sites excluding steroid dienone is 1. The first-order chi connectivity index (χ1) is 17.7. The summed E-state index contributed by atoms with van der Waals surface area (Å²) < 4.78 is 14.2. The molecule has 37 heavy (non-hydrogen) atoms. The van der Waals surface area contributed by atoms with Crippen LogP contribution in [0.5, 0.6) is 0 Å². The fourth-order valence-electron chi connectivity index (χ4n) is 8.42. The molecule has 3 saturated carbocycles. The summed E-state index contributed by atoms with van der Waals surface area (Å²) in [6.45, 7) is 8.98. The summed E-state index contributed by atoms with van der Waals surface area (Å²) in [6.07, 6.45) is 7.40. The second-order valence-corrected chi connectivity index (χ2v) is 15.6. The van der Waals surface area contributed by atoms with E-state index in [1.165, 1.54) is 52.0 Å². The molecule has 0 amide bonds. The Balaban J connectivity index is 1.43. The van der Waals surface area contributed by atoms with E-state index in [0.717, 1.165) is 31.4 Å². The topological polar surface area (TPSA) is 37.3 Å². The third kappa shape index (κ3) is 3.87. The number of aliphatic hydroxyl groups is 1. The van der Waals surface area contributed by atoms with Crippen LogP contribution in [0.3, 0.4) is 0 Å². The van der Waals surface area contributed by atoms with Crippen molar-refractivity contribution in [1.82, 2.24) is 0 Å². The summed E-state index contributed by atoms with van der Waals surface area (Å²) >= 11 is 2.01. The maximum Gasteiger partial charge on any atom is 0.0726 e. The maximum atomic E-state index is 14.3. The van der Waals surface area contributed by atoms with Crippen molar-refractivity contribution in [2.45, 2.75) is 83.5 Å². The molecule has 1 aliphatic heterocycles. The number of aryl methyl sites for hydroxylation is 2. The second-order valence-electron chi connectivity index (χ2n) is 12.9. The lowest BCUT2D eigenvalue weighted by molar-refractivity contribution is 0.0161. The highest BCUT2D eigenvalue weighted by Gasteiger charge is 2.64. The van der Waals surface area contributed by atoms with Crippen LogP contribution in [0.25, 0.3) is 0 Å². The molecule has 4 heteroatoms. The van der Waals surface area contributed by atoms with Crippen molar-refractivity contribution in [3.8, 4) is 0 Å². The standard InChI is InChI=1S/C33H42O2S2/c1-22-9-13-24(14-10-22)33(25-15-11-23(2)12-16-25)28-8-6-5-7-27(28)29(20-36-33)37(35)21-32-18-17-26(19-30(32)34)31(32,3)4/h9-16,26,28,30,34H,5-8,17-21H2,1-4H3/t26-,28+,30-,32-,37?/m1/s1. The van der Waals surface area contributed by atoms with Crippen molar-refractivity contribution in [3.63, 3.8) is 0 Å². The highest BCUT2D eigenvalue weighted by molar-refractivity contribution is 8.02. The lowest BCUT2D eigenvalue weighted by Crippen LogP contribution is -2.45. The van der Waals surface area contributed by atoms with E-state index < -0.39 is 10.8 Å². The number of fused-ring (bicyclic) bond motifs is 3. The summed E-state index contributed by atoms with van der Waals surface area (Å²) in [7, 11) is -1.05. The number of hydrogen-bond donors (Lipinski definition) is 1. The van der Waals surface area contributed by atoms with E-state index in [1.807, 2.05) is 11.8 Å². The Hall–Kier alpha value is -1.36. The van der Waals surface area contributed by atoms with Crippen LogP contribution in [0.2, 0.25) is 0 Å². The Morgan fingerprint density at radius 3 is 2.11 bits per heavy atom. The van der Waals surface area contributed by atoms with Crippen molar-refractivity contribution < 1.29 is 9.32 Å². The van der Waals surface area contributed by atoms with Gasteiger partial charge in [0.25, 0.3) is 0 Å². The van der Waals surface area contributed by atoms with E-state index in [9.17, 15) is 9.32 Å². The van der Waals surface area contributed by atoms with Gasteiger partial charge >= 0.3 is 0 Å². The van der Waals surface area contributed by atoms with Gasteiger partial charge in [0.1, 0.15) is 0 Å². The van der Waals surface area contributed by atoms with Gasteiger partial charge in [-0.15, -0.1) is 11.8 Å². The van der Waals surface area contributed by atoms with Crippen LogP contribution in [0.4, 0.5) is 0 Å². The molecule has 2 nitrogen and oxygen atoms in total. The van der Waals surface area contributed by atoms with Gasteiger partial charge in [0, 0.05) is 27.7 Å². The van der Waals surface area contributed by atoms with Crippen molar-refractivity contribution >= 4 is 22.6 Å². The Labute approximate surface area is 230 Å². The molecule has 4 aliphatic rings. The van der Waals surface area contributed by atoms with E-state index in [-0.39, 0.29) is 21.7 Å². The molecule has 0 aromatic heterocycles. The number of benzene rings is 2. The van der Waals surface area contributed by atoms with Crippen LogP contribution < -0.4 is 0 Å². The van der Waals surface area contributed by atoms with Gasteiger partial charge < -0.3 is 5.11 Å². The maximum absolute atomic E-state index is 14.3. The molecular formula is C33H42O2S2. The smallest absolute Gasteiger partial charge is 0.0726 e. The highest BCUT2D eigenvalue weighted by Crippen LogP contribution is 2.66. The monoisotopic (exact) mass is 534 g/mol. The lowest BCUT2D eigenvalue weighted by Gasteiger charge is -2.49. The molecule has 2 bridgehead atoms. The molecule has 1 heterocycles. The van der Waals surface area contributed by atoms with E-state index >= 15 is 0 Å². The van der Waals surface area contributed by atoms with Crippen LogP contribution in [0, 0.1) is 36.5 Å². The normalized spacial score (nSPS) is 32.8. The quantitative estimate of drug-likeness (QED) is 0.428. The molecule has 2 aromatic carbocycles. The molecule has 6 rings (SSSR count). The van der Waals surface area contributed by atoms with Gasteiger partial charge in [-0.3, -0.25) is 4.21 Å². The Morgan fingerprint density at radius 2 is 1.57 bits per heavy atom. The van der Waals surface area contributed by atoms with Crippen LogP contribution in [0.15, 0.2) is 59.0 Å². The molecule has 198 valence electrons. The van der Waals surface area contributed by atoms with Gasteiger partial charge in [-0.25, -0.2) is 0 Å². The minimum atomic E-state index is -1.05. The Bertz CT molecular complexity index is 1180. The van der Waals surface area contributed by atoms with Gasteiger partial charge in [0.2, 0.25) is 0 Å². The predicted molar refractivity (Wildman–Crippen MR) is 157 cm³/mol. The van der Waals surface area contributed by atoms with Crippen molar-refractivity contribution in [3.05, 3.63) is 81.3 Å². The fraction of sp³-hybridized carbons (Fsp3) is 0.576. The molecular weight excluding hydrogens is 492 g/mol. The summed E-state index contributed by atoms with van der Waals surface area (Å²) in [5.41, 5.74) is 6.67. The fourth-order valence-corrected chi connectivity index (χ4v) is 12.6. The van der Waals surface area contributed by atoms with E-state index in [2.05, 4.69) is 76.2 Å². The average Bonchev–Trinajstić information content (AvgIpc) is 3.24. The van der Waals surface area contributed by atoms with Gasteiger partial charge in [-0.05, 0) is 74.8 Å². The zero-order valence-corrected chi connectivity index (χ0v) is 24.5. The summed E-state index contributed by atoms with van der Waals surface area (Å²) in [6, 6.07) is 18.4. The summed E-state index contributed by atoms with van der Waals surface area (Å²) in [5.74, 6) is 2.37. The van der Waals surface area contributed by atoms with Crippen molar-refractivity contribution in [2.75, 3.05) is 11.5 Å². The first kappa shape index (κ1) is 25.9. The number of hydrogen-bond acceptors (Lipinski definition) is 3. The number of thioether (sulfide) groups is 1. The van der Waals surface area contributed by atoms with Crippen LogP contribution in [-0.4, -0.2) is 26.9 Å². The highest BCUT2D eigenvalue weighted by atomic mass is 32.2. The Morgan fingerprint density at radius 1 is 0.946 bits per heavy atom. The largest absolute Gasteiger partial charge is 0.392 e. The molecule has 1 unspecified atom stereocenters. The van der Waals surface area contributed by atoms with Crippen molar-refractivity contribution in [1.29, 1.82) is 0 Å². The molecule has 3 fully saturated rings. The second kappa shape index (κ2) is 9.38. The summed E-state index contributed by atoms with van der Waals surface area (Å²) in [4.78, 5) is 1.21. The van der Waals surface area contributed by atoms with Crippen LogP contribution >= 0.6 is 11.8 Å². The van der Waals surface area contributed by atoms with Gasteiger partial charge in [0.15, 0.2) is 0 Å². The molecule has 5 atom stereocenters. The van der Waals surface area contributed by atoms with Gasteiger partial charge in [0.05, 0.1) is 21.7 Å². The lowest BCUT2D eigenvalue weighted by atomic mass is 9.69. The Kier molecular flexibility index (Phi) is 6.57. The molecule has 0 spiro atoms. The predicted octanol–water partition coefficient (Wildman–Crippen LogP) is 7.67. The zero-order valence-electron chi connectivity index (χ0n) is 22.9. The third-order valence-corrected chi connectivity index (χ3v) is 14.5. The average molecular weight is 535 g/mol. The molecule has 2 aromatic rings. The zero-order chi connectivity index (χ0) is 26.0. The minimum absolute atomic E-state index is 0.0641. The number of aliphatic hydroxyl groups excluding tert-OH is 1. The SMILES string of the molecule is Cc1ccc(C2(c3ccc(C)cc3)SCC(S(=O)C[C@]34CC[C@H](C[C@H]3O)C4(C)C)=C3CCCC[C@@H]32)cc1. The van der Waals surface area contributed by atoms with Gasteiger partial charge in [-0.1, -0.05) is 85.5 Å². The molecule has 0 saturated heterocycles. The summed E-state index contributed by atoms with van der Waals surface area (Å²) in [5, 5.41) is 11.2. The minimum Gasteiger partial charge on any atom is -0.392 e. The molecule has 3 aliphatic carbocycles. The van der Waals surface area contributed by atoms with E-state index in [1.54, 1.807) is 0 Å². The number of rotatable bonds is 5. The molecule has 1 N–H and O–H groups in total. The first-order valence-corrected chi connectivity index (χ1v) is 16.6. The first-order valence-electron chi connectivity index (χ1n) is 14.3. The van der Waals surface area contributed by atoms with Crippen molar-refractivity contribution in [2.24, 2.45) is 22.7 Å². The third-order valence-electron chi connectivity index (χ3n) is 10.9. The van der Waals surface area contributed by atoms with E-state index in [0.29, 0.717) is 17.6 Å². The van der Waals surface area contributed by atoms with E-state index in [4.69, 9.17) is 0 Å².